The fourth-order valence-corrected chi connectivity index (χ4v) is 11.9. The number of aliphatic hydroxyl groups excluding tert-OH is 2. The molecule has 1 aliphatic heterocycles. The lowest BCUT2D eigenvalue weighted by Crippen LogP contribution is -2.65. The van der Waals surface area contributed by atoms with Crippen molar-refractivity contribution < 1.29 is 29.3 Å². The quantitative estimate of drug-likeness (QED) is 0.135. The van der Waals surface area contributed by atoms with Crippen LogP contribution in [0, 0.1) is 39.9 Å². The molecule has 4 aliphatic carbocycles. The van der Waals surface area contributed by atoms with Gasteiger partial charge in [0.15, 0.2) is 0 Å². The van der Waals surface area contributed by atoms with Gasteiger partial charge in [-0.1, -0.05) is 55.8 Å². The predicted octanol–water partition coefficient (Wildman–Crippen LogP) is 6.59. The number of ether oxygens (including phenoxy) is 2. The molecule has 0 aromatic rings. The van der Waals surface area contributed by atoms with Gasteiger partial charge in [0.2, 0.25) is 0 Å². The summed E-state index contributed by atoms with van der Waals surface area (Å²) in [5, 5.41) is 23.0. The highest BCUT2D eigenvalue weighted by atomic mass is 79.9. The molecular formula is C37H58BrNO6. The summed E-state index contributed by atoms with van der Waals surface area (Å²) in [6.45, 7) is 17.1. The van der Waals surface area contributed by atoms with Crippen molar-refractivity contribution in [3.63, 3.8) is 0 Å². The van der Waals surface area contributed by atoms with Crippen molar-refractivity contribution in [1.29, 1.82) is 0 Å². The van der Waals surface area contributed by atoms with E-state index >= 15 is 0 Å². The van der Waals surface area contributed by atoms with Gasteiger partial charge in [-0.2, -0.15) is 0 Å². The van der Waals surface area contributed by atoms with Gasteiger partial charge >= 0.3 is 11.9 Å². The van der Waals surface area contributed by atoms with Gasteiger partial charge in [-0.05, 0) is 117 Å². The van der Waals surface area contributed by atoms with E-state index in [0.29, 0.717) is 30.8 Å². The highest BCUT2D eigenvalue weighted by molar-refractivity contribution is 9.09. The third kappa shape index (κ3) is 5.69. The minimum Gasteiger partial charge on any atom is -0.466 e. The summed E-state index contributed by atoms with van der Waals surface area (Å²) in [6, 6.07) is 0. The van der Waals surface area contributed by atoms with Crippen molar-refractivity contribution in [1.82, 2.24) is 4.90 Å². The third-order valence-electron chi connectivity index (χ3n) is 14.1. The number of hydrogen-bond acceptors (Lipinski definition) is 7. The number of hydrogen-bond donors (Lipinski definition) is 2. The largest absolute Gasteiger partial charge is 0.466 e. The monoisotopic (exact) mass is 691 g/mol. The van der Waals surface area contributed by atoms with Crippen LogP contribution < -0.4 is 0 Å². The first kappa shape index (κ1) is 35.1. The van der Waals surface area contributed by atoms with Crippen LogP contribution >= 0.6 is 15.9 Å². The second-order valence-corrected chi connectivity index (χ2v) is 17.5. The van der Waals surface area contributed by atoms with E-state index in [0.717, 1.165) is 57.2 Å². The molecule has 2 N–H and O–H groups in total. The fraction of sp³-hybridized carbons (Fsp3) is 0.838. The van der Waals surface area contributed by atoms with Crippen molar-refractivity contribution in [2.24, 2.45) is 39.9 Å². The lowest BCUT2D eigenvalue weighted by Gasteiger charge is -2.69. The molecule has 0 aromatic carbocycles. The molecule has 4 saturated carbocycles. The zero-order chi connectivity index (χ0) is 33.1. The first-order chi connectivity index (χ1) is 21.0. The normalized spacial score (nSPS) is 43.5. The number of esters is 2. The molecule has 0 amide bonds. The molecule has 0 spiro atoms. The second kappa shape index (κ2) is 12.7. The van der Waals surface area contributed by atoms with E-state index in [2.05, 4.69) is 74.5 Å². The number of carbonyl (C=O) groups excluding carboxylic acids is 2. The van der Waals surface area contributed by atoms with Gasteiger partial charge in [0, 0.05) is 36.0 Å². The van der Waals surface area contributed by atoms with Crippen LogP contribution in [0.3, 0.4) is 0 Å². The molecular weight excluding hydrogens is 634 g/mol. The molecule has 0 saturated heterocycles. The number of nitrogens with zero attached hydrogens (tertiary/aromatic N) is 1. The van der Waals surface area contributed by atoms with E-state index in [1.54, 1.807) is 0 Å². The number of halogens is 1. The minimum absolute atomic E-state index is 0.0603. The Labute approximate surface area is 279 Å². The number of rotatable bonds is 7. The van der Waals surface area contributed by atoms with Crippen molar-refractivity contribution in [2.75, 3.05) is 20.2 Å². The zero-order valence-corrected chi connectivity index (χ0v) is 30.5. The number of carbonyl (C=O) groups is 2. The SMILES string of the molecule is COC(=O)/C(CCC(Br)C(C)(C)N1CC=CCC1)=C1\[C@@H](OC(C)=O)C[C@@]2(C)[C@H]1C[C@@H](O)[C@H]1[C@@]3(C)CC[C@H](O)[C@@H](C)[C@@H]3CC[C@@]12C. The molecule has 45 heavy (non-hydrogen) atoms. The van der Waals surface area contributed by atoms with Crippen molar-refractivity contribution in [3.05, 3.63) is 23.3 Å². The predicted molar refractivity (Wildman–Crippen MR) is 180 cm³/mol. The van der Waals surface area contributed by atoms with Gasteiger partial charge in [0.05, 0.1) is 19.3 Å². The average molecular weight is 693 g/mol. The summed E-state index contributed by atoms with van der Waals surface area (Å²) >= 11 is 4.01. The maximum atomic E-state index is 13.7. The Morgan fingerprint density at radius 2 is 1.82 bits per heavy atom. The lowest BCUT2D eigenvalue weighted by atomic mass is 9.36. The zero-order valence-electron chi connectivity index (χ0n) is 28.9. The first-order valence-electron chi connectivity index (χ1n) is 17.4. The van der Waals surface area contributed by atoms with E-state index in [4.69, 9.17) is 9.47 Å². The van der Waals surface area contributed by atoms with Crippen LogP contribution in [0.25, 0.3) is 0 Å². The summed E-state index contributed by atoms with van der Waals surface area (Å²) in [7, 11) is 1.43. The summed E-state index contributed by atoms with van der Waals surface area (Å²) in [5.74, 6) is -0.202. The van der Waals surface area contributed by atoms with Gasteiger partial charge in [0.25, 0.3) is 0 Å². The first-order valence-corrected chi connectivity index (χ1v) is 18.3. The summed E-state index contributed by atoms with van der Waals surface area (Å²) in [4.78, 5) is 28.8. The molecule has 1 heterocycles. The summed E-state index contributed by atoms with van der Waals surface area (Å²) in [5.41, 5.74) is 0.747. The van der Waals surface area contributed by atoms with Gasteiger partial charge in [-0.3, -0.25) is 9.69 Å². The molecule has 0 bridgehead atoms. The second-order valence-electron chi connectivity index (χ2n) is 16.4. The molecule has 5 aliphatic rings. The number of fused-ring (bicyclic) bond motifs is 5. The molecule has 0 aromatic heterocycles. The Bertz CT molecular complexity index is 1220. The maximum Gasteiger partial charge on any atom is 0.333 e. The third-order valence-corrected chi connectivity index (χ3v) is 15.7. The molecule has 5 rings (SSSR count). The van der Waals surface area contributed by atoms with Crippen molar-refractivity contribution in [3.8, 4) is 0 Å². The molecule has 0 radical (unpaired) electrons. The highest BCUT2D eigenvalue weighted by Gasteiger charge is 2.70. The fourth-order valence-electron chi connectivity index (χ4n) is 11.4. The Hall–Kier alpha value is -1.22. The topological polar surface area (TPSA) is 96.3 Å². The van der Waals surface area contributed by atoms with Crippen LogP contribution in [0.4, 0.5) is 0 Å². The molecule has 7 nitrogen and oxygen atoms in total. The molecule has 254 valence electrons. The highest BCUT2D eigenvalue weighted by Crippen LogP contribution is 2.74. The van der Waals surface area contributed by atoms with Crippen molar-refractivity contribution >= 4 is 27.9 Å². The average Bonchev–Trinajstić information content (AvgIpc) is 3.26. The van der Waals surface area contributed by atoms with Crippen LogP contribution in [0.5, 0.6) is 0 Å². The Morgan fingerprint density at radius 3 is 2.44 bits per heavy atom. The Morgan fingerprint density at radius 1 is 1.11 bits per heavy atom. The molecule has 4 fully saturated rings. The van der Waals surface area contributed by atoms with Gasteiger partial charge in [-0.25, -0.2) is 4.79 Å². The van der Waals surface area contributed by atoms with Gasteiger partial charge < -0.3 is 19.7 Å². The Balaban J connectivity index is 1.53. The van der Waals surface area contributed by atoms with Gasteiger partial charge in [-0.15, -0.1) is 0 Å². The maximum absolute atomic E-state index is 13.7. The Kier molecular flexibility index (Phi) is 9.88. The van der Waals surface area contributed by atoms with Crippen LogP contribution in [-0.2, 0) is 19.1 Å². The van der Waals surface area contributed by atoms with E-state index in [9.17, 15) is 19.8 Å². The van der Waals surface area contributed by atoms with E-state index in [1.165, 1.54) is 14.0 Å². The van der Waals surface area contributed by atoms with E-state index < -0.39 is 12.2 Å². The van der Waals surface area contributed by atoms with Crippen molar-refractivity contribution in [2.45, 2.75) is 135 Å². The molecule has 1 unspecified atom stereocenters. The minimum atomic E-state index is -0.552. The van der Waals surface area contributed by atoms with E-state index in [1.807, 2.05) is 0 Å². The van der Waals surface area contributed by atoms with Crippen LogP contribution in [0.1, 0.15) is 106 Å². The smallest absolute Gasteiger partial charge is 0.333 e. The summed E-state index contributed by atoms with van der Waals surface area (Å²) in [6.07, 6.45) is 10.1. The molecule has 11 atom stereocenters. The van der Waals surface area contributed by atoms with Gasteiger partial charge in [0.1, 0.15) is 6.10 Å². The number of aliphatic hydroxyl groups is 2. The number of alkyl halides is 1. The van der Waals surface area contributed by atoms with Crippen LogP contribution in [-0.4, -0.2) is 75.9 Å². The van der Waals surface area contributed by atoms with Crippen LogP contribution in [0.15, 0.2) is 23.3 Å². The molecule has 8 heteroatoms. The summed E-state index contributed by atoms with van der Waals surface area (Å²) < 4.78 is 11.5. The van der Waals surface area contributed by atoms with Crippen LogP contribution in [0.2, 0.25) is 0 Å². The standard InChI is InChI=1S/C37H58BrNO6/c1-22-25-14-17-36(6)32(35(25,5)16-15-27(22)41)28(42)20-26-31(29(45-23(2)40)21-37(26,36)7)24(33(43)44-8)12-13-30(38)34(3,4)39-18-10-9-11-19-39/h9-10,22,25-30,32,41-42H,11-21H2,1-8H3/b31-24-/t22-,25-,26-,27-,28+,29-,30?,32-,35-,36-,37-/m0/s1. The number of methoxy groups -OCH3 is 1. The lowest BCUT2D eigenvalue weighted by molar-refractivity contribution is -0.234. The van der Waals surface area contributed by atoms with E-state index in [-0.39, 0.29) is 62.4 Å².